The molecule has 0 amide bonds. The minimum atomic E-state index is -4.37. The van der Waals surface area contributed by atoms with Crippen molar-refractivity contribution in [2.45, 2.75) is 64.7 Å². The van der Waals surface area contributed by atoms with E-state index >= 15 is 0 Å². The quantitative estimate of drug-likeness (QED) is 0.220. The normalized spacial score (nSPS) is 17.0. The van der Waals surface area contributed by atoms with Gasteiger partial charge in [0.2, 0.25) is 0 Å². The SMILES string of the molecule is C#Cc1cnc2c(Cl)cc(N[C@H](C3=CN(C4(C(F)(F)F)CC4)NN3)c3cccnc3CC)cc2c1NCC(C)(C)C. The van der Waals surface area contributed by atoms with E-state index in [4.69, 9.17) is 18.0 Å². The van der Waals surface area contributed by atoms with Crippen molar-refractivity contribution in [1.29, 1.82) is 0 Å². The number of aryl methyl sites for hydroxylation is 1. The summed E-state index contributed by atoms with van der Waals surface area (Å²) in [5, 5.41) is 9.26. The second-order valence-corrected chi connectivity index (χ2v) is 12.1. The highest BCUT2D eigenvalue weighted by molar-refractivity contribution is 6.35. The highest BCUT2D eigenvalue weighted by atomic mass is 35.5. The lowest BCUT2D eigenvalue weighted by Crippen LogP contribution is -2.52. The van der Waals surface area contributed by atoms with Crippen LogP contribution < -0.4 is 21.6 Å². The summed E-state index contributed by atoms with van der Waals surface area (Å²) in [6.07, 6.45) is 6.95. The van der Waals surface area contributed by atoms with Crippen LogP contribution in [0.25, 0.3) is 10.9 Å². The molecule has 0 radical (unpaired) electrons. The molecule has 0 unspecified atom stereocenters. The molecule has 1 aliphatic heterocycles. The van der Waals surface area contributed by atoms with Crippen LogP contribution in [0.5, 0.6) is 0 Å². The summed E-state index contributed by atoms with van der Waals surface area (Å²) in [4.78, 5) is 9.03. The molecule has 1 saturated carbocycles. The first-order valence-electron chi connectivity index (χ1n) is 13.5. The van der Waals surface area contributed by atoms with Crippen molar-refractivity contribution in [3.8, 4) is 12.3 Å². The molecule has 3 aromatic rings. The molecule has 2 aromatic heterocycles. The Balaban J connectivity index is 1.58. The monoisotopic (exact) mass is 583 g/mol. The smallest absolute Gasteiger partial charge is 0.383 e. The molecule has 5 rings (SSSR count). The first-order chi connectivity index (χ1) is 19.4. The van der Waals surface area contributed by atoms with Gasteiger partial charge in [-0.15, -0.1) is 12.0 Å². The van der Waals surface area contributed by atoms with E-state index in [2.05, 4.69) is 58.3 Å². The Kier molecular flexibility index (Phi) is 7.47. The molecule has 216 valence electrons. The van der Waals surface area contributed by atoms with Crippen LogP contribution >= 0.6 is 11.6 Å². The van der Waals surface area contributed by atoms with E-state index < -0.39 is 17.8 Å². The number of benzene rings is 1. The standard InChI is InChI=1S/C30H33ClF3N7/c1-6-18-15-36-26-21(25(18)37-17-28(3,4)5)13-19(14-22(26)31)38-27(20-9-8-12-35-23(20)7-2)24-16-41(40-39-24)29(10-11-29)30(32,33)34/h1,8-9,12-16,27,38-40H,7,10-11,17H2,2-5H3,(H,36,37)/t27-/m0/s1. The summed E-state index contributed by atoms with van der Waals surface area (Å²) in [6.45, 7) is 9.00. The molecule has 0 bridgehead atoms. The van der Waals surface area contributed by atoms with Gasteiger partial charge >= 0.3 is 6.18 Å². The zero-order valence-electron chi connectivity index (χ0n) is 23.4. The highest BCUT2D eigenvalue weighted by Crippen LogP contribution is 2.53. The molecule has 1 atom stereocenters. The van der Waals surface area contributed by atoms with Crippen LogP contribution in [-0.2, 0) is 6.42 Å². The third kappa shape index (κ3) is 5.61. The van der Waals surface area contributed by atoms with Gasteiger partial charge < -0.3 is 16.1 Å². The number of pyridine rings is 2. The number of nitrogens with one attached hydrogen (secondary N) is 4. The second kappa shape index (κ2) is 10.6. The molecule has 2 aliphatic rings. The average Bonchev–Trinajstić information content (AvgIpc) is 3.61. The fourth-order valence-corrected chi connectivity index (χ4v) is 5.25. The molecule has 41 heavy (non-hydrogen) atoms. The fraction of sp³-hybridized carbons (Fsp3) is 0.400. The zero-order chi connectivity index (χ0) is 29.6. The molecule has 1 aliphatic carbocycles. The van der Waals surface area contributed by atoms with Crippen molar-refractivity contribution in [1.82, 2.24) is 25.9 Å². The van der Waals surface area contributed by atoms with Gasteiger partial charge in [0.25, 0.3) is 0 Å². The molecule has 3 heterocycles. The molecule has 4 N–H and O–H groups in total. The van der Waals surface area contributed by atoms with Gasteiger partial charge in [0.1, 0.15) is 0 Å². The number of fused-ring (bicyclic) bond motifs is 1. The zero-order valence-corrected chi connectivity index (χ0v) is 24.1. The van der Waals surface area contributed by atoms with Crippen LogP contribution in [-0.4, -0.2) is 33.2 Å². The van der Waals surface area contributed by atoms with E-state index in [-0.39, 0.29) is 18.3 Å². The van der Waals surface area contributed by atoms with Crippen molar-refractivity contribution in [2.75, 3.05) is 17.2 Å². The maximum Gasteiger partial charge on any atom is 0.413 e. The summed E-state index contributed by atoms with van der Waals surface area (Å²) < 4.78 is 41.7. The Morgan fingerprint density at radius 3 is 2.61 bits per heavy atom. The Labute approximate surface area is 242 Å². The summed E-state index contributed by atoms with van der Waals surface area (Å²) in [5.41, 5.74) is 8.51. The predicted molar refractivity (Wildman–Crippen MR) is 157 cm³/mol. The first kappa shape index (κ1) is 28.8. The number of terminal acetylenes is 1. The van der Waals surface area contributed by atoms with Gasteiger partial charge in [0.15, 0.2) is 5.54 Å². The van der Waals surface area contributed by atoms with Crippen molar-refractivity contribution in [3.05, 3.63) is 70.4 Å². The van der Waals surface area contributed by atoms with Gasteiger partial charge in [-0.2, -0.15) is 13.2 Å². The van der Waals surface area contributed by atoms with Gasteiger partial charge in [0.05, 0.1) is 33.5 Å². The van der Waals surface area contributed by atoms with Crippen molar-refractivity contribution < 1.29 is 13.2 Å². The number of alkyl halides is 3. The van der Waals surface area contributed by atoms with E-state index in [0.29, 0.717) is 40.5 Å². The number of aromatic nitrogens is 2. The summed E-state index contributed by atoms with van der Waals surface area (Å²) in [7, 11) is 0. The minimum absolute atomic E-state index is 0.0160. The van der Waals surface area contributed by atoms with Crippen molar-refractivity contribution >= 4 is 33.9 Å². The van der Waals surface area contributed by atoms with Gasteiger partial charge in [-0.05, 0) is 42.9 Å². The van der Waals surface area contributed by atoms with E-state index in [1.807, 2.05) is 25.1 Å². The molecule has 11 heteroatoms. The van der Waals surface area contributed by atoms with Crippen LogP contribution in [0.2, 0.25) is 5.02 Å². The highest BCUT2D eigenvalue weighted by Gasteiger charge is 2.67. The van der Waals surface area contributed by atoms with Crippen LogP contribution in [0.15, 0.2) is 48.6 Å². The third-order valence-corrected chi connectivity index (χ3v) is 7.66. The third-order valence-electron chi connectivity index (χ3n) is 7.37. The largest absolute Gasteiger partial charge is 0.413 e. The van der Waals surface area contributed by atoms with E-state index in [1.54, 1.807) is 18.5 Å². The Bertz CT molecular complexity index is 1530. The topological polar surface area (TPSA) is 77.1 Å². The second-order valence-electron chi connectivity index (χ2n) is 11.7. The first-order valence-corrected chi connectivity index (χ1v) is 13.9. The number of nitrogens with zero attached hydrogens (tertiary/aromatic N) is 3. The van der Waals surface area contributed by atoms with Gasteiger partial charge in [-0.1, -0.05) is 51.3 Å². The average molecular weight is 584 g/mol. The minimum Gasteiger partial charge on any atom is -0.383 e. The van der Waals surface area contributed by atoms with Crippen molar-refractivity contribution in [3.63, 3.8) is 0 Å². The number of anilines is 2. The van der Waals surface area contributed by atoms with Gasteiger partial charge in [-0.3, -0.25) is 15.0 Å². The molecule has 1 fully saturated rings. The van der Waals surface area contributed by atoms with Crippen LogP contribution in [0, 0.1) is 17.8 Å². The Morgan fingerprint density at radius 2 is 1.98 bits per heavy atom. The summed E-state index contributed by atoms with van der Waals surface area (Å²) >= 11 is 6.74. The Morgan fingerprint density at radius 1 is 1.22 bits per heavy atom. The lowest BCUT2D eigenvalue weighted by atomic mass is 9.96. The summed E-state index contributed by atoms with van der Waals surface area (Å²) in [6, 6.07) is 6.83. The molecule has 0 spiro atoms. The van der Waals surface area contributed by atoms with Gasteiger partial charge in [-0.25, -0.2) is 0 Å². The van der Waals surface area contributed by atoms with E-state index in [0.717, 1.165) is 27.3 Å². The summed E-state index contributed by atoms with van der Waals surface area (Å²) in [5.74, 6) is 2.70. The van der Waals surface area contributed by atoms with Crippen molar-refractivity contribution in [2.24, 2.45) is 5.41 Å². The number of hydrogen-bond donors (Lipinski definition) is 4. The Hall–Kier alpha value is -3.68. The molecule has 1 aromatic carbocycles. The number of hydrazine groups is 2. The van der Waals surface area contributed by atoms with Crippen LogP contribution in [0.3, 0.4) is 0 Å². The maximum absolute atomic E-state index is 13.9. The van der Waals surface area contributed by atoms with Crippen LogP contribution in [0.4, 0.5) is 24.5 Å². The number of halogens is 4. The predicted octanol–water partition coefficient (Wildman–Crippen LogP) is 6.70. The molecule has 0 saturated heterocycles. The molecular weight excluding hydrogens is 551 g/mol. The fourth-order valence-electron chi connectivity index (χ4n) is 4.98. The molecule has 7 nitrogen and oxygen atoms in total. The lowest BCUT2D eigenvalue weighted by molar-refractivity contribution is -0.195. The van der Waals surface area contributed by atoms with Crippen LogP contribution in [0.1, 0.15) is 63.4 Å². The lowest BCUT2D eigenvalue weighted by Gasteiger charge is -2.28. The number of rotatable bonds is 8. The maximum atomic E-state index is 13.9. The van der Waals surface area contributed by atoms with Gasteiger partial charge in [0, 0.05) is 47.5 Å². The van der Waals surface area contributed by atoms with E-state index in [9.17, 15) is 13.2 Å². The van der Waals surface area contributed by atoms with E-state index in [1.165, 1.54) is 6.20 Å². The number of hydrogen-bond acceptors (Lipinski definition) is 7. The molecular formula is C30H33ClF3N7.